The van der Waals surface area contributed by atoms with Crippen LogP contribution in [-0.4, -0.2) is 11.7 Å². The third kappa shape index (κ3) is 2.03. The van der Waals surface area contributed by atoms with Gasteiger partial charge in [-0.25, -0.2) is 0 Å². The van der Waals surface area contributed by atoms with Crippen molar-refractivity contribution >= 4 is 5.78 Å². The molecular weight excluding hydrogens is 294 g/mol. The molecule has 0 radical (unpaired) electrons. The van der Waals surface area contributed by atoms with Gasteiger partial charge in [0.15, 0.2) is 0 Å². The molecule has 0 spiro atoms. The summed E-state index contributed by atoms with van der Waals surface area (Å²) in [6.45, 7) is 6.65. The van der Waals surface area contributed by atoms with Crippen LogP contribution in [0.5, 0.6) is 0 Å². The molecule has 0 saturated heterocycles. The molecule has 4 aliphatic carbocycles. The van der Waals surface area contributed by atoms with Crippen LogP contribution in [-0.2, 0) is 4.79 Å². The molecule has 4 fully saturated rings. The maximum absolute atomic E-state index is 14.2. The van der Waals surface area contributed by atoms with Gasteiger partial charge >= 0.3 is 5.92 Å². The molecule has 0 aromatic carbocycles. The molecule has 1 nitrogen and oxygen atoms in total. The van der Waals surface area contributed by atoms with Gasteiger partial charge in [0.25, 0.3) is 0 Å². The number of carbonyl (C=O) groups is 1. The van der Waals surface area contributed by atoms with E-state index in [1.165, 1.54) is 25.7 Å². The molecule has 0 bridgehead atoms. The molecule has 4 rings (SSSR count). The molecule has 0 aliphatic heterocycles. The Morgan fingerprint density at radius 2 is 1.74 bits per heavy atom. The lowest BCUT2D eigenvalue weighted by Gasteiger charge is -2.60. The minimum atomic E-state index is -3.08. The lowest BCUT2D eigenvalue weighted by Crippen LogP contribution is -2.53. The summed E-state index contributed by atoms with van der Waals surface area (Å²) < 4.78 is 28.3. The molecule has 130 valence electrons. The monoisotopic (exact) mass is 324 g/mol. The van der Waals surface area contributed by atoms with Crippen LogP contribution in [0.15, 0.2) is 0 Å². The van der Waals surface area contributed by atoms with Crippen molar-refractivity contribution in [1.82, 2.24) is 0 Å². The first-order valence-electron chi connectivity index (χ1n) is 9.61. The summed E-state index contributed by atoms with van der Waals surface area (Å²) in [5, 5.41) is 0. The Kier molecular flexibility index (Phi) is 3.34. The van der Waals surface area contributed by atoms with E-state index in [1.807, 2.05) is 6.92 Å². The fourth-order valence-electron chi connectivity index (χ4n) is 7.24. The molecule has 7 atom stereocenters. The van der Waals surface area contributed by atoms with E-state index in [-0.39, 0.29) is 12.3 Å². The fraction of sp³-hybridized carbons (Fsp3) is 0.950. The number of carbonyl (C=O) groups excluding carboxylic acids is 1. The maximum Gasteiger partial charge on any atom is 0.306 e. The third-order valence-corrected chi connectivity index (χ3v) is 8.64. The van der Waals surface area contributed by atoms with Crippen LogP contribution >= 0.6 is 0 Å². The molecule has 0 aromatic heterocycles. The summed E-state index contributed by atoms with van der Waals surface area (Å²) in [5.74, 6) is -1.41. The highest BCUT2D eigenvalue weighted by Gasteiger charge is 2.67. The molecule has 0 amide bonds. The second-order valence-corrected chi connectivity index (χ2v) is 9.73. The summed E-state index contributed by atoms with van der Waals surface area (Å²) in [5.41, 5.74) is -0.423. The summed E-state index contributed by atoms with van der Waals surface area (Å²) in [6, 6.07) is 0. The number of Topliss-reactive ketones (excluding diaryl/α,β-unsaturated/α-hetero) is 1. The number of ketones is 1. The smallest absolute Gasteiger partial charge is 0.292 e. The predicted octanol–water partition coefficient (Wildman–Crippen LogP) is 5.48. The van der Waals surface area contributed by atoms with E-state index in [9.17, 15) is 13.6 Å². The van der Waals surface area contributed by atoms with Crippen LogP contribution in [0.2, 0.25) is 0 Å². The van der Waals surface area contributed by atoms with Crippen LogP contribution in [0.25, 0.3) is 0 Å². The summed E-state index contributed by atoms with van der Waals surface area (Å²) in [4.78, 5) is 12.3. The van der Waals surface area contributed by atoms with Gasteiger partial charge in [0, 0.05) is 11.8 Å². The van der Waals surface area contributed by atoms with Crippen LogP contribution in [0.1, 0.15) is 72.1 Å². The molecule has 3 heteroatoms. The Morgan fingerprint density at radius 1 is 1.00 bits per heavy atom. The molecule has 0 N–H and O–H groups in total. The van der Waals surface area contributed by atoms with Crippen LogP contribution in [0.3, 0.4) is 0 Å². The first kappa shape index (κ1) is 16.0. The van der Waals surface area contributed by atoms with E-state index in [2.05, 4.69) is 13.8 Å². The van der Waals surface area contributed by atoms with Crippen LogP contribution in [0, 0.1) is 40.4 Å². The lowest BCUT2D eigenvalue weighted by atomic mass is 9.45. The molecule has 0 heterocycles. The van der Waals surface area contributed by atoms with Gasteiger partial charge in [-0.1, -0.05) is 27.2 Å². The minimum Gasteiger partial charge on any atom is -0.292 e. The first-order valence-corrected chi connectivity index (χ1v) is 9.61. The van der Waals surface area contributed by atoms with Gasteiger partial charge < -0.3 is 0 Å². The zero-order valence-corrected chi connectivity index (χ0v) is 14.7. The van der Waals surface area contributed by atoms with Gasteiger partial charge in [-0.2, -0.15) is 8.78 Å². The average Bonchev–Trinajstić information content (AvgIpc) is 2.68. The molecular formula is C20H30F2O. The zero-order valence-electron chi connectivity index (χ0n) is 14.7. The van der Waals surface area contributed by atoms with Crippen molar-refractivity contribution in [1.29, 1.82) is 0 Å². The SMILES string of the molecule is C[C@H]1CC[C@@]2(C)[C@@H](CC[C@@H]3[C@@H]2CC[C@]2(C)C(=O)C(F)(F)C[C@@H]32)C1. The van der Waals surface area contributed by atoms with Crippen molar-refractivity contribution in [3.8, 4) is 0 Å². The topological polar surface area (TPSA) is 17.1 Å². The van der Waals surface area contributed by atoms with Crippen molar-refractivity contribution in [3.63, 3.8) is 0 Å². The summed E-state index contributed by atoms with van der Waals surface area (Å²) in [7, 11) is 0. The number of hydrogen-bond acceptors (Lipinski definition) is 1. The van der Waals surface area contributed by atoms with Crippen molar-refractivity contribution in [3.05, 3.63) is 0 Å². The van der Waals surface area contributed by atoms with E-state index in [0.717, 1.165) is 24.7 Å². The molecule has 4 saturated carbocycles. The number of hydrogen-bond donors (Lipinski definition) is 0. The Bertz CT molecular complexity index is 530. The quantitative estimate of drug-likeness (QED) is 0.576. The molecule has 23 heavy (non-hydrogen) atoms. The van der Waals surface area contributed by atoms with Crippen LogP contribution in [0.4, 0.5) is 8.78 Å². The lowest BCUT2D eigenvalue weighted by molar-refractivity contribution is -0.149. The third-order valence-electron chi connectivity index (χ3n) is 8.64. The highest BCUT2D eigenvalue weighted by atomic mass is 19.3. The Morgan fingerprint density at radius 3 is 2.48 bits per heavy atom. The van der Waals surface area contributed by atoms with E-state index in [0.29, 0.717) is 23.7 Å². The first-order chi connectivity index (χ1) is 10.7. The van der Waals surface area contributed by atoms with Crippen molar-refractivity contribution in [2.24, 2.45) is 40.4 Å². The fourth-order valence-corrected chi connectivity index (χ4v) is 7.24. The van der Waals surface area contributed by atoms with Gasteiger partial charge in [-0.05, 0) is 73.5 Å². The minimum absolute atomic E-state index is 0.0825. The Hall–Kier alpha value is -0.470. The van der Waals surface area contributed by atoms with E-state index < -0.39 is 17.1 Å². The van der Waals surface area contributed by atoms with Gasteiger partial charge in [-0.3, -0.25) is 4.79 Å². The predicted molar refractivity (Wildman–Crippen MR) is 86.2 cm³/mol. The average molecular weight is 324 g/mol. The number of rotatable bonds is 0. The number of alkyl halides is 2. The molecule has 0 aromatic rings. The van der Waals surface area contributed by atoms with Gasteiger partial charge in [-0.15, -0.1) is 0 Å². The van der Waals surface area contributed by atoms with E-state index in [4.69, 9.17) is 0 Å². The summed E-state index contributed by atoms with van der Waals surface area (Å²) in [6.07, 6.45) is 7.61. The van der Waals surface area contributed by atoms with Crippen molar-refractivity contribution in [2.45, 2.75) is 78.1 Å². The standard InChI is InChI=1S/C20H30F2O/c1-12-6-8-18(2)13(10-12)4-5-14-15(18)7-9-19(3)16(14)11-20(21,22)17(19)23/h12-16H,4-11H2,1-3H3/t12-,13-,14+,15-,16-,18-,19-/m0/s1. The number of fused-ring (bicyclic) bond motifs is 5. The van der Waals surface area contributed by atoms with Gasteiger partial charge in [0.05, 0.1) is 0 Å². The van der Waals surface area contributed by atoms with Crippen molar-refractivity contribution < 1.29 is 13.6 Å². The second kappa shape index (κ2) is 4.79. The Labute approximate surface area is 138 Å². The van der Waals surface area contributed by atoms with Crippen molar-refractivity contribution in [2.75, 3.05) is 0 Å². The largest absolute Gasteiger partial charge is 0.306 e. The summed E-state index contributed by atoms with van der Waals surface area (Å²) >= 11 is 0. The molecule has 4 aliphatic rings. The normalized spacial score (nSPS) is 55.0. The maximum atomic E-state index is 14.2. The number of halogens is 2. The van der Waals surface area contributed by atoms with Crippen LogP contribution < -0.4 is 0 Å². The zero-order chi connectivity index (χ0) is 16.6. The Balaban J connectivity index is 1.66. The molecule has 0 unspecified atom stereocenters. The second-order valence-electron chi connectivity index (χ2n) is 9.73. The van der Waals surface area contributed by atoms with E-state index in [1.54, 1.807) is 0 Å². The highest BCUT2D eigenvalue weighted by Crippen LogP contribution is 2.67. The van der Waals surface area contributed by atoms with Gasteiger partial charge in [0.1, 0.15) is 0 Å². The van der Waals surface area contributed by atoms with E-state index >= 15 is 0 Å². The van der Waals surface area contributed by atoms with Gasteiger partial charge in [0.2, 0.25) is 5.78 Å². The highest BCUT2D eigenvalue weighted by molar-refractivity contribution is 5.93.